The standard InChI is InChI=1S/C13H19N3O3S/c17-13(8-12-10-20(18,19)7-6-15-12)16-5-3-11-2-1-4-14-9-11/h1-2,4,9,12,15H,3,5-8,10H2,(H,16,17). The highest BCUT2D eigenvalue weighted by atomic mass is 32.2. The van der Waals surface area contributed by atoms with Crippen LogP contribution < -0.4 is 10.6 Å². The maximum absolute atomic E-state index is 11.8. The summed E-state index contributed by atoms with van der Waals surface area (Å²) in [6.07, 6.45) is 4.39. The van der Waals surface area contributed by atoms with Crippen LogP contribution in [0.15, 0.2) is 24.5 Å². The molecule has 1 amide bonds. The van der Waals surface area contributed by atoms with Crippen LogP contribution in [0.4, 0.5) is 0 Å². The van der Waals surface area contributed by atoms with E-state index in [1.807, 2.05) is 12.1 Å². The highest BCUT2D eigenvalue weighted by Crippen LogP contribution is 2.05. The van der Waals surface area contributed by atoms with Crippen LogP contribution >= 0.6 is 0 Å². The Bertz CT molecular complexity index is 545. The molecule has 1 unspecified atom stereocenters. The molecule has 1 aliphatic heterocycles. The van der Waals surface area contributed by atoms with Crippen LogP contribution in [-0.2, 0) is 21.1 Å². The first-order valence-corrected chi connectivity index (χ1v) is 8.47. The molecule has 6 nitrogen and oxygen atoms in total. The summed E-state index contributed by atoms with van der Waals surface area (Å²) in [5.74, 6) is 0.0818. The lowest BCUT2D eigenvalue weighted by atomic mass is 10.2. The van der Waals surface area contributed by atoms with Crippen molar-refractivity contribution in [2.45, 2.75) is 18.9 Å². The lowest BCUT2D eigenvalue weighted by molar-refractivity contribution is -0.121. The Hall–Kier alpha value is -1.47. The normalized spacial score (nSPS) is 21.3. The minimum atomic E-state index is -2.99. The summed E-state index contributed by atoms with van der Waals surface area (Å²) >= 11 is 0. The molecule has 0 aromatic carbocycles. The van der Waals surface area contributed by atoms with Gasteiger partial charge in [-0.1, -0.05) is 6.07 Å². The molecule has 0 saturated carbocycles. The van der Waals surface area contributed by atoms with Crippen LogP contribution in [-0.4, -0.2) is 49.9 Å². The predicted octanol–water partition coefficient (Wildman–Crippen LogP) is -0.483. The van der Waals surface area contributed by atoms with Crippen molar-refractivity contribution in [3.05, 3.63) is 30.1 Å². The van der Waals surface area contributed by atoms with Gasteiger partial charge in [0.25, 0.3) is 0 Å². The summed E-state index contributed by atoms with van der Waals surface area (Å²) in [7, 11) is -2.99. The number of sulfone groups is 1. The van der Waals surface area contributed by atoms with Crippen molar-refractivity contribution in [3.63, 3.8) is 0 Å². The molecule has 1 aliphatic rings. The molecule has 2 rings (SSSR count). The lowest BCUT2D eigenvalue weighted by Crippen LogP contribution is -2.47. The fourth-order valence-electron chi connectivity index (χ4n) is 2.19. The van der Waals surface area contributed by atoms with Crippen molar-refractivity contribution in [2.75, 3.05) is 24.6 Å². The molecule has 1 atom stereocenters. The number of pyridine rings is 1. The summed E-state index contributed by atoms with van der Waals surface area (Å²) in [6, 6.07) is 3.54. The number of rotatable bonds is 5. The van der Waals surface area contributed by atoms with E-state index in [0.717, 1.165) is 12.0 Å². The first-order valence-electron chi connectivity index (χ1n) is 6.64. The van der Waals surface area contributed by atoms with Gasteiger partial charge in [-0.3, -0.25) is 9.78 Å². The first-order chi connectivity index (χ1) is 9.55. The monoisotopic (exact) mass is 297 g/mol. The number of amides is 1. The van der Waals surface area contributed by atoms with E-state index in [1.165, 1.54) is 0 Å². The molecule has 2 heterocycles. The third kappa shape index (κ3) is 4.90. The van der Waals surface area contributed by atoms with Gasteiger partial charge in [-0.2, -0.15) is 0 Å². The van der Waals surface area contributed by atoms with E-state index in [4.69, 9.17) is 0 Å². The molecule has 0 spiro atoms. The van der Waals surface area contributed by atoms with Gasteiger partial charge in [-0.15, -0.1) is 0 Å². The zero-order valence-corrected chi connectivity index (χ0v) is 12.0. The molecule has 2 N–H and O–H groups in total. The number of nitrogens with zero attached hydrogens (tertiary/aromatic N) is 1. The van der Waals surface area contributed by atoms with Crippen molar-refractivity contribution in [2.24, 2.45) is 0 Å². The average Bonchev–Trinajstić information content (AvgIpc) is 2.38. The fourth-order valence-corrected chi connectivity index (χ4v) is 3.63. The molecule has 20 heavy (non-hydrogen) atoms. The highest BCUT2D eigenvalue weighted by Gasteiger charge is 2.25. The Morgan fingerprint density at radius 3 is 3.05 bits per heavy atom. The quantitative estimate of drug-likeness (QED) is 0.766. The van der Waals surface area contributed by atoms with E-state index in [-0.39, 0.29) is 29.9 Å². The van der Waals surface area contributed by atoms with Gasteiger partial charge in [0.05, 0.1) is 11.5 Å². The van der Waals surface area contributed by atoms with E-state index in [0.29, 0.717) is 13.1 Å². The second kappa shape index (κ2) is 6.81. The lowest BCUT2D eigenvalue weighted by Gasteiger charge is -2.23. The number of hydrogen-bond acceptors (Lipinski definition) is 5. The smallest absolute Gasteiger partial charge is 0.221 e. The number of hydrogen-bond donors (Lipinski definition) is 2. The largest absolute Gasteiger partial charge is 0.356 e. The number of carbonyl (C=O) groups excluding carboxylic acids is 1. The number of aromatic nitrogens is 1. The van der Waals surface area contributed by atoms with Gasteiger partial charge in [0.2, 0.25) is 5.91 Å². The Kier molecular flexibility index (Phi) is 5.08. The fraction of sp³-hybridized carbons (Fsp3) is 0.538. The zero-order valence-electron chi connectivity index (χ0n) is 11.2. The van der Waals surface area contributed by atoms with E-state index < -0.39 is 9.84 Å². The number of nitrogens with one attached hydrogen (secondary N) is 2. The van der Waals surface area contributed by atoms with Crippen molar-refractivity contribution < 1.29 is 13.2 Å². The van der Waals surface area contributed by atoms with E-state index in [2.05, 4.69) is 15.6 Å². The van der Waals surface area contributed by atoms with E-state index in [1.54, 1.807) is 12.4 Å². The molecule has 0 radical (unpaired) electrons. The average molecular weight is 297 g/mol. The van der Waals surface area contributed by atoms with Crippen LogP contribution in [0.25, 0.3) is 0 Å². The second-order valence-electron chi connectivity index (χ2n) is 4.93. The molecular formula is C13H19N3O3S. The first kappa shape index (κ1) is 14.9. The Morgan fingerprint density at radius 2 is 2.35 bits per heavy atom. The molecule has 7 heteroatoms. The minimum Gasteiger partial charge on any atom is -0.356 e. The summed E-state index contributed by atoms with van der Waals surface area (Å²) < 4.78 is 22.9. The summed E-state index contributed by atoms with van der Waals surface area (Å²) in [5.41, 5.74) is 1.06. The molecule has 1 saturated heterocycles. The number of carbonyl (C=O) groups is 1. The van der Waals surface area contributed by atoms with Crippen molar-refractivity contribution >= 4 is 15.7 Å². The van der Waals surface area contributed by atoms with Crippen molar-refractivity contribution in [1.82, 2.24) is 15.6 Å². The van der Waals surface area contributed by atoms with Crippen LogP contribution in [0.2, 0.25) is 0 Å². The molecule has 1 aromatic rings. The van der Waals surface area contributed by atoms with E-state index in [9.17, 15) is 13.2 Å². The van der Waals surface area contributed by atoms with Crippen molar-refractivity contribution in [1.29, 1.82) is 0 Å². The Labute approximate surface area is 118 Å². The van der Waals surface area contributed by atoms with Crippen LogP contribution in [0.1, 0.15) is 12.0 Å². The summed E-state index contributed by atoms with van der Waals surface area (Å²) in [6.45, 7) is 0.958. The highest BCUT2D eigenvalue weighted by molar-refractivity contribution is 7.91. The Morgan fingerprint density at radius 1 is 1.50 bits per heavy atom. The van der Waals surface area contributed by atoms with Crippen LogP contribution in [0, 0.1) is 0 Å². The van der Waals surface area contributed by atoms with Gasteiger partial charge in [-0.05, 0) is 18.1 Å². The van der Waals surface area contributed by atoms with Gasteiger partial charge >= 0.3 is 0 Å². The maximum Gasteiger partial charge on any atom is 0.221 e. The zero-order chi connectivity index (χ0) is 14.4. The SMILES string of the molecule is O=C(CC1CS(=O)(=O)CCN1)NCCc1cccnc1. The third-order valence-electron chi connectivity index (χ3n) is 3.19. The van der Waals surface area contributed by atoms with Crippen LogP contribution in [0.3, 0.4) is 0 Å². The topological polar surface area (TPSA) is 88.2 Å². The van der Waals surface area contributed by atoms with Gasteiger partial charge in [0, 0.05) is 37.9 Å². The molecular weight excluding hydrogens is 278 g/mol. The van der Waals surface area contributed by atoms with Gasteiger partial charge in [-0.25, -0.2) is 8.42 Å². The van der Waals surface area contributed by atoms with Crippen LogP contribution in [0.5, 0.6) is 0 Å². The second-order valence-corrected chi connectivity index (χ2v) is 7.16. The molecule has 0 bridgehead atoms. The van der Waals surface area contributed by atoms with Gasteiger partial charge in [0.1, 0.15) is 0 Å². The predicted molar refractivity (Wildman–Crippen MR) is 76.0 cm³/mol. The molecule has 110 valence electrons. The molecule has 1 fully saturated rings. The van der Waals surface area contributed by atoms with Gasteiger partial charge < -0.3 is 10.6 Å². The molecule has 1 aromatic heterocycles. The Balaban J connectivity index is 1.70. The summed E-state index contributed by atoms with van der Waals surface area (Å²) in [4.78, 5) is 15.8. The minimum absolute atomic E-state index is 0.0447. The van der Waals surface area contributed by atoms with Crippen molar-refractivity contribution in [3.8, 4) is 0 Å². The summed E-state index contributed by atoms with van der Waals surface area (Å²) in [5, 5.41) is 5.87. The molecule has 0 aliphatic carbocycles. The third-order valence-corrected chi connectivity index (χ3v) is 4.93. The maximum atomic E-state index is 11.8. The van der Waals surface area contributed by atoms with Gasteiger partial charge in [0.15, 0.2) is 9.84 Å². The van der Waals surface area contributed by atoms with E-state index >= 15 is 0 Å².